The normalized spacial score (nSPS) is 14.0. The number of hydrogen-bond donors (Lipinski definition) is 0. The third-order valence-corrected chi connectivity index (χ3v) is 5.57. The van der Waals surface area contributed by atoms with Gasteiger partial charge in [-0.1, -0.05) is 35.5 Å². The van der Waals surface area contributed by atoms with Crippen molar-refractivity contribution < 1.29 is 18.4 Å². The van der Waals surface area contributed by atoms with Crippen molar-refractivity contribution in [3.8, 4) is 22.8 Å². The molecular weight excluding hydrogens is 425 g/mol. The van der Waals surface area contributed by atoms with Crippen LogP contribution in [0.3, 0.4) is 0 Å². The molecule has 0 radical (unpaired) electrons. The average Bonchev–Trinajstić information content (AvgIpc) is 3.34. The summed E-state index contributed by atoms with van der Waals surface area (Å²) in [6.45, 7) is 4.51. The number of carbonyl (C=O) groups excluding carboxylic acids is 1. The molecule has 0 aliphatic carbocycles. The molecule has 0 saturated carbocycles. The molecule has 2 aromatic carbocycles. The number of ether oxygens (including phenoxy) is 1. The lowest BCUT2D eigenvalue weighted by Crippen LogP contribution is -2.49. The van der Waals surface area contributed by atoms with Gasteiger partial charge in [-0.2, -0.15) is 4.98 Å². The smallest absolute Gasteiger partial charge is 0.409 e. The van der Waals surface area contributed by atoms with E-state index in [0.29, 0.717) is 50.1 Å². The maximum Gasteiger partial charge on any atom is 0.409 e. The van der Waals surface area contributed by atoms with Crippen molar-refractivity contribution in [3.63, 3.8) is 0 Å². The molecule has 0 spiro atoms. The Bertz CT molecular complexity index is 1300. The first-order chi connectivity index (χ1) is 16.1. The van der Waals surface area contributed by atoms with Gasteiger partial charge in [0.2, 0.25) is 5.82 Å². The monoisotopic (exact) mass is 447 g/mol. The zero-order valence-electron chi connectivity index (χ0n) is 18.1. The van der Waals surface area contributed by atoms with Gasteiger partial charge in [0.25, 0.3) is 5.89 Å². The van der Waals surface area contributed by atoms with Crippen LogP contribution < -0.4 is 4.90 Å². The van der Waals surface area contributed by atoms with E-state index in [1.54, 1.807) is 24.0 Å². The molecule has 9 heteroatoms. The number of nitrogens with zero attached hydrogens (tertiary/aromatic N) is 5. The van der Waals surface area contributed by atoms with E-state index in [-0.39, 0.29) is 11.9 Å². The van der Waals surface area contributed by atoms with Gasteiger partial charge in [0.1, 0.15) is 11.6 Å². The standard InChI is InChI=1S/C24H22FN5O3/c1-2-32-24(31)30-12-10-29(11-13-30)21-15-19(18-8-3-4-9-20(18)26-21)23-27-22(28-33-23)16-6-5-7-17(25)14-16/h3-9,14-15H,2,10-13H2,1H3. The van der Waals surface area contributed by atoms with Gasteiger partial charge in [-0.3, -0.25) is 0 Å². The van der Waals surface area contributed by atoms with Crippen molar-refractivity contribution in [3.05, 3.63) is 60.4 Å². The molecule has 1 amide bonds. The van der Waals surface area contributed by atoms with Gasteiger partial charge in [0.05, 0.1) is 17.7 Å². The Morgan fingerprint density at radius 3 is 2.67 bits per heavy atom. The molecule has 168 valence electrons. The summed E-state index contributed by atoms with van der Waals surface area (Å²) in [6.07, 6.45) is -0.292. The summed E-state index contributed by atoms with van der Waals surface area (Å²) >= 11 is 0. The van der Waals surface area contributed by atoms with Crippen LogP contribution in [-0.2, 0) is 4.74 Å². The molecule has 2 aromatic heterocycles. The number of hydrogen-bond acceptors (Lipinski definition) is 7. The first kappa shape index (κ1) is 20.9. The molecule has 1 saturated heterocycles. The van der Waals surface area contributed by atoms with E-state index < -0.39 is 0 Å². The minimum atomic E-state index is -0.363. The number of anilines is 1. The van der Waals surface area contributed by atoms with Crippen LogP contribution in [-0.4, -0.2) is 58.9 Å². The molecule has 1 aliphatic rings. The van der Waals surface area contributed by atoms with Crippen LogP contribution in [0.15, 0.2) is 59.1 Å². The number of halogens is 1. The highest BCUT2D eigenvalue weighted by Gasteiger charge is 2.24. The van der Waals surface area contributed by atoms with E-state index in [9.17, 15) is 9.18 Å². The third-order valence-electron chi connectivity index (χ3n) is 5.57. The zero-order valence-corrected chi connectivity index (χ0v) is 18.1. The van der Waals surface area contributed by atoms with E-state index in [0.717, 1.165) is 22.3 Å². The maximum atomic E-state index is 13.6. The summed E-state index contributed by atoms with van der Waals surface area (Å²) < 4.78 is 24.3. The Hall–Kier alpha value is -4.01. The molecule has 5 rings (SSSR count). The minimum absolute atomic E-state index is 0.292. The number of carbonyl (C=O) groups is 1. The number of pyridine rings is 1. The van der Waals surface area contributed by atoms with Crippen molar-refractivity contribution in [1.82, 2.24) is 20.0 Å². The van der Waals surface area contributed by atoms with Crippen LogP contribution in [0, 0.1) is 5.82 Å². The summed E-state index contributed by atoms with van der Waals surface area (Å²) in [5.74, 6) is 1.05. The van der Waals surface area contributed by atoms with E-state index in [2.05, 4.69) is 15.0 Å². The average molecular weight is 447 g/mol. The quantitative estimate of drug-likeness (QED) is 0.459. The highest BCUT2D eigenvalue weighted by atomic mass is 19.1. The van der Waals surface area contributed by atoms with E-state index >= 15 is 0 Å². The first-order valence-corrected chi connectivity index (χ1v) is 10.8. The van der Waals surface area contributed by atoms with Crippen LogP contribution in [0.2, 0.25) is 0 Å². The highest BCUT2D eigenvalue weighted by Crippen LogP contribution is 2.32. The van der Waals surface area contributed by atoms with Gasteiger partial charge in [-0.15, -0.1) is 0 Å². The van der Waals surface area contributed by atoms with Crippen LogP contribution in [0.4, 0.5) is 15.0 Å². The van der Waals surface area contributed by atoms with Crippen molar-refractivity contribution in [2.45, 2.75) is 6.92 Å². The second-order valence-electron chi connectivity index (χ2n) is 7.65. The van der Waals surface area contributed by atoms with Crippen molar-refractivity contribution in [1.29, 1.82) is 0 Å². The van der Waals surface area contributed by atoms with Gasteiger partial charge >= 0.3 is 6.09 Å². The zero-order chi connectivity index (χ0) is 22.8. The van der Waals surface area contributed by atoms with Crippen LogP contribution in [0.25, 0.3) is 33.7 Å². The molecule has 3 heterocycles. The third kappa shape index (κ3) is 4.21. The maximum absolute atomic E-state index is 13.6. The van der Waals surface area contributed by atoms with Crippen LogP contribution in [0.1, 0.15) is 6.92 Å². The topological polar surface area (TPSA) is 84.6 Å². The number of para-hydroxylation sites is 1. The van der Waals surface area contributed by atoms with Gasteiger partial charge in [-0.25, -0.2) is 14.2 Å². The SMILES string of the molecule is CCOC(=O)N1CCN(c2cc(-c3nc(-c4cccc(F)c4)no3)c3ccccc3n2)CC1. The number of aromatic nitrogens is 3. The number of fused-ring (bicyclic) bond motifs is 1. The summed E-state index contributed by atoms with van der Waals surface area (Å²) in [5.41, 5.74) is 2.08. The molecule has 1 fully saturated rings. The molecular formula is C24H22FN5O3. The van der Waals surface area contributed by atoms with Gasteiger partial charge in [-0.05, 0) is 31.2 Å². The fourth-order valence-electron chi connectivity index (χ4n) is 3.91. The van der Waals surface area contributed by atoms with E-state index in [4.69, 9.17) is 14.2 Å². The molecule has 0 atom stereocenters. The predicted molar refractivity (Wildman–Crippen MR) is 121 cm³/mol. The molecule has 0 N–H and O–H groups in total. The molecule has 0 bridgehead atoms. The van der Waals surface area contributed by atoms with Crippen LogP contribution in [0.5, 0.6) is 0 Å². The predicted octanol–water partition coefficient (Wildman–Crippen LogP) is 4.37. The van der Waals surface area contributed by atoms with Crippen LogP contribution >= 0.6 is 0 Å². The Kier molecular flexibility index (Phi) is 5.60. The van der Waals surface area contributed by atoms with Crippen molar-refractivity contribution >= 4 is 22.8 Å². The summed E-state index contributed by atoms with van der Waals surface area (Å²) in [4.78, 5) is 25.2. The molecule has 0 unspecified atom stereocenters. The summed E-state index contributed by atoms with van der Waals surface area (Å²) in [5, 5.41) is 4.93. The van der Waals surface area contributed by atoms with Gasteiger partial charge in [0.15, 0.2) is 0 Å². The Labute approximate surface area is 189 Å². The van der Waals surface area contributed by atoms with Gasteiger partial charge in [0, 0.05) is 37.1 Å². The van der Waals surface area contributed by atoms with Crippen molar-refractivity contribution in [2.75, 3.05) is 37.7 Å². The van der Waals surface area contributed by atoms with E-state index in [1.807, 2.05) is 30.3 Å². The van der Waals surface area contributed by atoms with Crippen molar-refractivity contribution in [2.24, 2.45) is 0 Å². The Morgan fingerprint density at radius 1 is 1.06 bits per heavy atom. The largest absolute Gasteiger partial charge is 0.450 e. The molecule has 4 aromatic rings. The summed E-state index contributed by atoms with van der Waals surface area (Å²) in [7, 11) is 0. The fraction of sp³-hybridized carbons (Fsp3) is 0.250. The lowest BCUT2D eigenvalue weighted by molar-refractivity contribution is 0.105. The number of benzene rings is 2. The Morgan fingerprint density at radius 2 is 1.88 bits per heavy atom. The molecule has 33 heavy (non-hydrogen) atoms. The summed E-state index contributed by atoms with van der Waals surface area (Å²) in [6, 6.07) is 15.7. The Balaban J connectivity index is 1.47. The second kappa shape index (κ2) is 8.85. The lowest BCUT2D eigenvalue weighted by Gasteiger charge is -2.35. The molecule has 8 nitrogen and oxygen atoms in total. The molecule has 1 aliphatic heterocycles. The first-order valence-electron chi connectivity index (χ1n) is 10.8. The number of piperazine rings is 1. The van der Waals surface area contributed by atoms with Gasteiger partial charge < -0.3 is 19.1 Å². The number of amides is 1. The highest BCUT2D eigenvalue weighted by molar-refractivity contribution is 5.94. The van der Waals surface area contributed by atoms with E-state index in [1.165, 1.54) is 12.1 Å². The fourth-order valence-corrected chi connectivity index (χ4v) is 3.91. The second-order valence-corrected chi connectivity index (χ2v) is 7.65. The number of rotatable bonds is 4. The minimum Gasteiger partial charge on any atom is -0.450 e. The lowest BCUT2D eigenvalue weighted by atomic mass is 10.1.